The van der Waals surface area contributed by atoms with Crippen molar-refractivity contribution in [1.29, 1.82) is 0 Å². The van der Waals surface area contributed by atoms with Crippen LogP contribution in [0.2, 0.25) is 0 Å². The molecule has 2 aliphatic heterocycles. The number of carbonyl (C=O) groups excluding carboxylic acids is 1. The highest BCUT2D eigenvalue weighted by Crippen LogP contribution is 2.22. The lowest BCUT2D eigenvalue weighted by molar-refractivity contribution is 0.108. The van der Waals surface area contributed by atoms with Crippen molar-refractivity contribution < 1.29 is 9.53 Å². The van der Waals surface area contributed by atoms with Gasteiger partial charge in [0.15, 0.2) is 0 Å². The van der Waals surface area contributed by atoms with Gasteiger partial charge in [0.1, 0.15) is 0 Å². The third-order valence-electron chi connectivity index (χ3n) is 5.42. The SMILES string of the molecule is CCN(CC)c1ccc(N2CCN(C(=O)NCC3CCCO3)CC2)cc1. The van der Waals surface area contributed by atoms with Crippen molar-refractivity contribution in [2.24, 2.45) is 0 Å². The molecule has 0 spiro atoms. The molecule has 2 fully saturated rings. The summed E-state index contributed by atoms with van der Waals surface area (Å²) in [6, 6.07) is 8.82. The van der Waals surface area contributed by atoms with E-state index in [1.807, 2.05) is 4.90 Å². The fourth-order valence-electron chi connectivity index (χ4n) is 3.75. The van der Waals surface area contributed by atoms with Crippen molar-refractivity contribution in [2.75, 3.05) is 62.2 Å². The maximum atomic E-state index is 12.3. The average molecular weight is 361 g/mol. The molecular formula is C20H32N4O2. The average Bonchev–Trinajstić information content (AvgIpc) is 3.21. The summed E-state index contributed by atoms with van der Waals surface area (Å²) in [7, 11) is 0. The van der Waals surface area contributed by atoms with Gasteiger partial charge in [-0.05, 0) is 51.0 Å². The van der Waals surface area contributed by atoms with E-state index in [1.165, 1.54) is 11.4 Å². The van der Waals surface area contributed by atoms with Crippen molar-refractivity contribution >= 4 is 17.4 Å². The minimum atomic E-state index is 0.0389. The first-order valence-corrected chi connectivity index (χ1v) is 9.95. The van der Waals surface area contributed by atoms with Crippen LogP contribution in [-0.2, 0) is 4.74 Å². The molecule has 0 radical (unpaired) electrons. The molecule has 1 unspecified atom stereocenters. The molecule has 1 atom stereocenters. The second kappa shape index (κ2) is 9.12. The number of amides is 2. The molecule has 1 aromatic carbocycles. The summed E-state index contributed by atoms with van der Waals surface area (Å²) in [5, 5.41) is 3.02. The normalized spacial score (nSPS) is 20.3. The summed E-state index contributed by atoms with van der Waals surface area (Å²) >= 11 is 0. The minimum Gasteiger partial charge on any atom is -0.376 e. The van der Waals surface area contributed by atoms with Gasteiger partial charge in [-0.25, -0.2) is 4.79 Å². The number of nitrogens with zero attached hydrogens (tertiary/aromatic N) is 3. The number of anilines is 2. The van der Waals surface area contributed by atoms with Crippen LogP contribution in [0.25, 0.3) is 0 Å². The van der Waals surface area contributed by atoms with E-state index in [0.29, 0.717) is 6.54 Å². The van der Waals surface area contributed by atoms with Gasteiger partial charge in [0.05, 0.1) is 6.10 Å². The predicted molar refractivity (Wildman–Crippen MR) is 106 cm³/mol. The topological polar surface area (TPSA) is 48.0 Å². The van der Waals surface area contributed by atoms with Gasteiger partial charge in [-0.2, -0.15) is 0 Å². The smallest absolute Gasteiger partial charge is 0.317 e. The molecule has 144 valence electrons. The number of hydrogen-bond acceptors (Lipinski definition) is 4. The summed E-state index contributed by atoms with van der Waals surface area (Å²) < 4.78 is 5.56. The van der Waals surface area contributed by atoms with E-state index >= 15 is 0 Å². The Hall–Kier alpha value is -1.95. The monoisotopic (exact) mass is 360 g/mol. The number of carbonyl (C=O) groups is 1. The molecule has 6 nitrogen and oxygen atoms in total. The van der Waals surface area contributed by atoms with Gasteiger partial charge in [-0.15, -0.1) is 0 Å². The van der Waals surface area contributed by atoms with Gasteiger partial charge in [-0.1, -0.05) is 0 Å². The lowest BCUT2D eigenvalue weighted by atomic mass is 10.2. The standard InChI is InChI=1S/C20H32N4O2/c1-3-22(4-2)17-7-9-18(10-8-17)23-11-13-24(14-12-23)20(25)21-16-19-6-5-15-26-19/h7-10,19H,3-6,11-16H2,1-2H3,(H,21,25). The van der Waals surface area contributed by atoms with E-state index in [2.05, 4.69) is 53.2 Å². The Morgan fingerprint density at radius 2 is 1.85 bits per heavy atom. The highest BCUT2D eigenvalue weighted by atomic mass is 16.5. The molecule has 1 N–H and O–H groups in total. The van der Waals surface area contributed by atoms with Crippen LogP contribution in [-0.4, -0.2) is 69.5 Å². The summed E-state index contributed by atoms with van der Waals surface area (Å²) in [6.07, 6.45) is 2.36. The van der Waals surface area contributed by atoms with E-state index in [0.717, 1.165) is 58.7 Å². The summed E-state index contributed by atoms with van der Waals surface area (Å²) in [5.74, 6) is 0. The number of benzene rings is 1. The Morgan fingerprint density at radius 1 is 1.15 bits per heavy atom. The summed E-state index contributed by atoms with van der Waals surface area (Å²) in [6.45, 7) is 11.1. The summed E-state index contributed by atoms with van der Waals surface area (Å²) in [4.78, 5) is 18.9. The van der Waals surface area contributed by atoms with Crippen molar-refractivity contribution in [3.8, 4) is 0 Å². The highest BCUT2D eigenvalue weighted by Gasteiger charge is 2.23. The molecule has 2 heterocycles. The third kappa shape index (κ3) is 4.61. The predicted octanol–water partition coefficient (Wildman–Crippen LogP) is 2.54. The van der Waals surface area contributed by atoms with Crippen LogP contribution in [0.15, 0.2) is 24.3 Å². The molecule has 2 aliphatic rings. The Balaban J connectivity index is 1.46. The number of urea groups is 1. The van der Waals surface area contributed by atoms with Crippen LogP contribution in [0.1, 0.15) is 26.7 Å². The molecule has 0 saturated carbocycles. The quantitative estimate of drug-likeness (QED) is 0.847. The molecule has 2 amide bonds. The molecule has 0 bridgehead atoms. The van der Waals surface area contributed by atoms with Crippen molar-refractivity contribution in [3.63, 3.8) is 0 Å². The number of piperazine rings is 1. The first-order chi connectivity index (χ1) is 12.7. The first-order valence-electron chi connectivity index (χ1n) is 9.95. The van der Waals surface area contributed by atoms with Crippen LogP contribution in [0.3, 0.4) is 0 Å². The molecule has 6 heteroatoms. The van der Waals surface area contributed by atoms with Gasteiger partial charge in [0.2, 0.25) is 0 Å². The second-order valence-electron chi connectivity index (χ2n) is 6.98. The van der Waals surface area contributed by atoms with Crippen LogP contribution in [0, 0.1) is 0 Å². The zero-order chi connectivity index (χ0) is 18.4. The lowest BCUT2D eigenvalue weighted by Gasteiger charge is -2.36. The van der Waals surface area contributed by atoms with Gasteiger partial charge >= 0.3 is 6.03 Å². The van der Waals surface area contributed by atoms with E-state index in [4.69, 9.17) is 4.74 Å². The first kappa shape index (κ1) is 18.8. The Labute approximate surface area is 157 Å². The molecule has 0 aliphatic carbocycles. The maximum absolute atomic E-state index is 12.3. The third-order valence-corrected chi connectivity index (χ3v) is 5.42. The fraction of sp³-hybridized carbons (Fsp3) is 0.650. The van der Waals surface area contributed by atoms with Gasteiger partial charge in [0, 0.05) is 63.8 Å². The van der Waals surface area contributed by atoms with Crippen LogP contribution < -0.4 is 15.1 Å². The number of nitrogens with one attached hydrogen (secondary N) is 1. The number of hydrogen-bond donors (Lipinski definition) is 1. The molecule has 3 rings (SSSR count). The van der Waals surface area contributed by atoms with Crippen LogP contribution in [0.5, 0.6) is 0 Å². The number of ether oxygens (including phenoxy) is 1. The Kier molecular flexibility index (Phi) is 6.61. The van der Waals surface area contributed by atoms with E-state index < -0.39 is 0 Å². The molecule has 1 aromatic rings. The van der Waals surface area contributed by atoms with Gasteiger partial charge in [0.25, 0.3) is 0 Å². The largest absolute Gasteiger partial charge is 0.376 e. The Bertz CT molecular complexity index is 560. The van der Waals surface area contributed by atoms with Gasteiger partial charge < -0.3 is 24.8 Å². The zero-order valence-corrected chi connectivity index (χ0v) is 16.1. The molecule has 2 saturated heterocycles. The summed E-state index contributed by atoms with van der Waals surface area (Å²) in [5.41, 5.74) is 2.51. The lowest BCUT2D eigenvalue weighted by Crippen LogP contribution is -2.52. The Morgan fingerprint density at radius 3 is 2.42 bits per heavy atom. The van der Waals surface area contributed by atoms with Gasteiger partial charge in [-0.3, -0.25) is 0 Å². The maximum Gasteiger partial charge on any atom is 0.317 e. The van der Waals surface area contributed by atoms with Crippen LogP contribution in [0.4, 0.5) is 16.2 Å². The highest BCUT2D eigenvalue weighted by molar-refractivity contribution is 5.74. The van der Waals surface area contributed by atoms with E-state index in [1.54, 1.807) is 0 Å². The van der Waals surface area contributed by atoms with Crippen LogP contribution >= 0.6 is 0 Å². The minimum absolute atomic E-state index is 0.0389. The van der Waals surface area contributed by atoms with E-state index in [9.17, 15) is 4.79 Å². The molecule has 0 aromatic heterocycles. The van der Waals surface area contributed by atoms with Crippen molar-refractivity contribution in [2.45, 2.75) is 32.8 Å². The molecule has 26 heavy (non-hydrogen) atoms. The van der Waals surface area contributed by atoms with E-state index in [-0.39, 0.29) is 12.1 Å². The molecular weight excluding hydrogens is 328 g/mol. The fourth-order valence-corrected chi connectivity index (χ4v) is 3.75. The number of rotatable bonds is 6. The second-order valence-corrected chi connectivity index (χ2v) is 6.98. The zero-order valence-electron chi connectivity index (χ0n) is 16.1. The van der Waals surface area contributed by atoms with Crippen molar-refractivity contribution in [3.05, 3.63) is 24.3 Å². The van der Waals surface area contributed by atoms with Crippen molar-refractivity contribution in [1.82, 2.24) is 10.2 Å².